The highest BCUT2D eigenvalue weighted by Crippen LogP contribution is 2.17. The second-order valence-corrected chi connectivity index (χ2v) is 2.53. The highest BCUT2D eigenvalue weighted by Gasteiger charge is 2.14. The van der Waals surface area contributed by atoms with E-state index in [9.17, 15) is 9.18 Å². The van der Waals surface area contributed by atoms with Crippen LogP contribution in [0.5, 0.6) is 0 Å². The van der Waals surface area contributed by atoms with Crippen LogP contribution in [0.4, 0.5) is 4.39 Å². The van der Waals surface area contributed by atoms with Gasteiger partial charge in [0, 0.05) is 12.4 Å². The molecule has 0 spiro atoms. The van der Waals surface area contributed by atoms with Crippen LogP contribution in [0.3, 0.4) is 0 Å². The molecule has 2 heterocycles. The predicted octanol–water partition coefficient (Wildman–Crippen LogP) is 1.40. The molecule has 2 N–H and O–H groups in total. The van der Waals surface area contributed by atoms with Crippen molar-refractivity contribution < 1.29 is 14.3 Å². The van der Waals surface area contributed by atoms with Crippen LogP contribution < -0.4 is 0 Å². The normalized spacial score (nSPS) is 10.5. The molecule has 66 valence electrons. The van der Waals surface area contributed by atoms with Gasteiger partial charge in [0.25, 0.3) is 0 Å². The van der Waals surface area contributed by atoms with Crippen LogP contribution in [0.1, 0.15) is 10.4 Å². The fraction of sp³-hybridized carbons (Fsp3) is 0. The lowest BCUT2D eigenvalue weighted by Gasteiger charge is -1.96. The Balaban J connectivity index is 2.80. The van der Waals surface area contributed by atoms with Gasteiger partial charge in [-0.25, -0.2) is 14.2 Å². The number of nitrogens with zero attached hydrogens (tertiary/aromatic N) is 1. The molecule has 0 aromatic carbocycles. The summed E-state index contributed by atoms with van der Waals surface area (Å²) in [7, 11) is 0. The van der Waals surface area contributed by atoms with Crippen LogP contribution >= 0.6 is 0 Å². The zero-order valence-corrected chi connectivity index (χ0v) is 6.41. The third kappa shape index (κ3) is 1.05. The van der Waals surface area contributed by atoms with Crippen molar-refractivity contribution in [3.05, 3.63) is 29.8 Å². The molecule has 0 amide bonds. The van der Waals surface area contributed by atoms with Gasteiger partial charge in [-0.3, -0.25) is 0 Å². The quantitative estimate of drug-likeness (QED) is 0.697. The van der Waals surface area contributed by atoms with Crippen LogP contribution in [-0.2, 0) is 0 Å². The molecular formula is C8H5FN2O2. The Hall–Kier alpha value is -1.91. The van der Waals surface area contributed by atoms with E-state index in [-0.39, 0.29) is 5.39 Å². The summed E-state index contributed by atoms with van der Waals surface area (Å²) in [5.74, 6) is -2.06. The van der Waals surface area contributed by atoms with Gasteiger partial charge in [0.05, 0.1) is 5.39 Å². The molecule has 0 bridgehead atoms. The maximum absolute atomic E-state index is 13.3. The third-order valence-corrected chi connectivity index (χ3v) is 1.75. The molecule has 13 heavy (non-hydrogen) atoms. The minimum absolute atomic E-state index is 0.194. The lowest BCUT2D eigenvalue weighted by atomic mass is 10.2. The lowest BCUT2D eigenvalue weighted by molar-refractivity contribution is 0.0692. The molecule has 2 aromatic heterocycles. The molecule has 0 atom stereocenters. The molecule has 0 saturated carbocycles. The van der Waals surface area contributed by atoms with E-state index in [2.05, 4.69) is 9.97 Å². The van der Waals surface area contributed by atoms with Crippen LogP contribution in [0.2, 0.25) is 0 Å². The number of carboxylic acids is 1. The fourth-order valence-electron chi connectivity index (χ4n) is 1.12. The molecule has 4 nitrogen and oxygen atoms in total. The Labute approximate surface area is 72.0 Å². The number of halogens is 1. The molecular weight excluding hydrogens is 175 g/mol. The van der Waals surface area contributed by atoms with Crippen molar-refractivity contribution in [2.75, 3.05) is 0 Å². The molecule has 0 aliphatic carbocycles. The number of aromatic amines is 1. The minimum Gasteiger partial charge on any atom is -0.478 e. The molecule has 0 fully saturated rings. The van der Waals surface area contributed by atoms with Gasteiger partial charge in [0.2, 0.25) is 0 Å². The standard InChI is InChI=1S/C8H5FN2O2/c9-6-4-1-2-10-7(4)11-3-5(6)8(12)13/h1-3H,(H,10,11)(H,12,13). The second-order valence-electron chi connectivity index (χ2n) is 2.53. The van der Waals surface area contributed by atoms with Crippen LogP contribution in [0.25, 0.3) is 11.0 Å². The van der Waals surface area contributed by atoms with Crippen molar-refractivity contribution in [3.63, 3.8) is 0 Å². The Kier molecular flexibility index (Phi) is 1.51. The predicted molar refractivity (Wildman–Crippen MR) is 43.0 cm³/mol. The fourth-order valence-corrected chi connectivity index (χ4v) is 1.12. The number of carbonyl (C=O) groups is 1. The number of rotatable bonds is 1. The summed E-state index contributed by atoms with van der Waals surface area (Å²) in [6.45, 7) is 0. The molecule has 0 aliphatic heterocycles. The van der Waals surface area contributed by atoms with E-state index in [0.717, 1.165) is 6.20 Å². The largest absolute Gasteiger partial charge is 0.478 e. The average molecular weight is 180 g/mol. The van der Waals surface area contributed by atoms with Gasteiger partial charge in [-0.1, -0.05) is 0 Å². The summed E-state index contributed by atoms with van der Waals surface area (Å²) in [6.07, 6.45) is 2.50. The first kappa shape index (κ1) is 7.72. The Morgan fingerprint density at radius 2 is 2.38 bits per heavy atom. The number of fused-ring (bicyclic) bond motifs is 1. The van der Waals surface area contributed by atoms with E-state index in [1.165, 1.54) is 12.3 Å². The van der Waals surface area contributed by atoms with Crippen molar-refractivity contribution in [1.82, 2.24) is 9.97 Å². The number of aromatic nitrogens is 2. The molecule has 2 rings (SSSR count). The van der Waals surface area contributed by atoms with Crippen molar-refractivity contribution in [3.8, 4) is 0 Å². The van der Waals surface area contributed by atoms with Gasteiger partial charge in [-0.05, 0) is 6.07 Å². The number of carboxylic acid groups (broad SMARTS) is 1. The highest BCUT2D eigenvalue weighted by atomic mass is 19.1. The van der Waals surface area contributed by atoms with Crippen molar-refractivity contribution in [1.29, 1.82) is 0 Å². The Morgan fingerprint density at radius 1 is 1.62 bits per heavy atom. The van der Waals surface area contributed by atoms with Crippen molar-refractivity contribution >= 4 is 17.0 Å². The number of hydrogen-bond donors (Lipinski definition) is 2. The van der Waals surface area contributed by atoms with E-state index in [0.29, 0.717) is 5.65 Å². The third-order valence-electron chi connectivity index (χ3n) is 1.75. The lowest BCUT2D eigenvalue weighted by Crippen LogP contribution is -2.01. The number of hydrogen-bond acceptors (Lipinski definition) is 2. The maximum Gasteiger partial charge on any atom is 0.340 e. The average Bonchev–Trinajstić information content (AvgIpc) is 2.52. The van der Waals surface area contributed by atoms with Gasteiger partial charge in [0.1, 0.15) is 17.0 Å². The Bertz CT molecular complexity index is 478. The zero-order chi connectivity index (χ0) is 9.42. The van der Waals surface area contributed by atoms with E-state index in [1.54, 1.807) is 0 Å². The maximum atomic E-state index is 13.3. The first-order valence-electron chi connectivity index (χ1n) is 3.55. The summed E-state index contributed by atoms with van der Waals surface area (Å²) >= 11 is 0. The summed E-state index contributed by atoms with van der Waals surface area (Å²) < 4.78 is 13.3. The molecule has 0 saturated heterocycles. The zero-order valence-electron chi connectivity index (χ0n) is 6.41. The van der Waals surface area contributed by atoms with Gasteiger partial charge in [-0.15, -0.1) is 0 Å². The topological polar surface area (TPSA) is 66.0 Å². The molecule has 2 aromatic rings. The number of aromatic carboxylic acids is 1. The summed E-state index contributed by atoms with van der Waals surface area (Å²) in [5, 5.41) is 8.77. The molecule has 0 radical (unpaired) electrons. The first-order valence-corrected chi connectivity index (χ1v) is 3.55. The second kappa shape index (κ2) is 2.55. The van der Waals surface area contributed by atoms with Crippen LogP contribution in [-0.4, -0.2) is 21.0 Å². The monoisotopic (exact) mass is 180 g/mol. The molecule has 0 unspecified atom stereocenters. The van der Waals surface area contributed by atoms with E-state index < -0.39 is 17.3 Å². The first-order chi connectivity index (χ1) is 6.20. The van der Waals surface area contributed by atoms with Crippen LogP contribution in [0, 0.1) is 5.82 Å². The minimum atomic E-state index is -1.31. The van der Waals surface area contributed by atoms with Gasteiger partial charge < -0.3 is 10.1 Å². The van der Waals surface area contributed by atoms with Crippen LogP contribution in [0.15, 0.2) is 18.5 Å². The number of nitrogens with one attached hydrogen (secondary N) is 1. The smallest absolute Gasteiger partial charge is 0.340 e. The van der Waals surface area contributed by atoms with E-state index in [4.69, 9.17) is 5.11 Å². The molecule has 0 aliphatic rings. The van der Waals surface area contributed by atoms with Crippen molar-refractivity contribution in [2.24, 2.45) is 0 Å². The van der Waals surface area contributed by atoms with Gasteiger partial charge in [-0.2, -0.15) is 0 Å². The number of H-pyrrole nitrogens is 1. The summed E-state index contributed by atoms with van der Waals surface area (Å²) in [4.78, 5) is 16.9. The Morgan fingerprint density at radius 3 is 3.08 bits per heavy atom. The van der Waals surface area contributed by atoms with Gasteiger partial charge >= 0.3 is 5.97 Å². The summed E-state index contributed by atoms with van der Waals surface area (Å²) in [5.41, 5.74) is -0.0606. The van der Waals surface area contributed by atoms with E-state index >= 15 is 0 Å². The highest BCUT2D eigenvalue weighted by molar-refractivity contribution is 5.92. The SMILES string of the molecule is O=C(O)c1cnc2[nH]ccc2c1F. The summed E-state index contributed by atoms with van der Waals surface area (Å²) in [6, 6.07) is 1.45. The van der Waals surface area contributed by atoms with Gasteiger partial charge in [0.15, 0.2) is 0 Å². The number of pyridine rings is 1. The van der Waals surface area contributed by atoms with E-state index in [1.807, 2.05) is 0 Å². The molecule has 5 heteroatoms. The van der Waals surface area contributed by atoms with Crippen molar-refractivity contribution in [2.45, 2.75) is 0 Å².